The number of hydrogen-bond donors (Lipinski definition) is 3. The number of unbranched alkanes of at least 4 members (excludes halogenated alkanes) is 3. The predicted molar refractivity (Wildman–Crippen MR) is 54.0 cm³/mol. The van der Waals surface area contributed by atoms with Crippen molar-refractivity contribution in [3.05, 3.63) is 24.2 Å². The van der Waals surface area contributed by atoms with E-state index < -0.39 is 7.12 Å². The highest BCUT2D eigenvalue weighted by Gasteiger charge is 1.96. The van der Waals surface area contributed by atoms with Crippen LogP contribution in [-0.2, 0) is 0 Å². The Morgan fingerprint density at radius 1 is 0.923 bits per heavy atom. The summed E-state index contributed by atoms with van der Waals surface area (Å²) in [5, 5.41) is 25.3. The van der Waals surface area contributed by atoms with Crippen LogP contribution in [0.3, 0.4) is 0 Å². The van der Waals surface area contributed by atoms with Crippen molar-refractivity contribution < 1.29 is 15.2 Å². The highest BCUT2D eigenvalue weighted by Crippen LogP contribution is 2.01. The molecule has 0 aliphatic heterocycles. The van der Waals surface area contributed by atoms with Crippen molar-refractivity contribution in [2.75, 3.05) is 6.61 Å². The van der Waals surface area contributed by atoms with E-state index in [0.29, 0.717) is 0 Å². The third-order valence-corrected chi connectivity index (χ3v) is 1.57. The monoisotopic (exact) mass is 184 g/mol. The second kappa shape index (κ2) is 9.51. The van der Waals surface area contributed by atoms with E-state index in [9.17, 15) is 0 Å². The molecule has 0 aliphatic carbocycles. The van der Waals surface area contributed by atoms with Crippen molar-refractivity contribution in [3.63, 3.8) is 0 Å². The van der Waals surface area contributed by atoms with E-state index in [-0.39, 0.29) is 6.61 Å². The molecule has 0 heterocycles. The Kier molecular flexibility index (Phi) is 9.09. The Hall–Kier alpha value is -0.575. The summed E-state index contributed by atoms with van der Waals surface area (Å²) in [5.74, 6) is 1.36. The van der Waals surface area contributed by atoms with Gasteiger partial charge in [-0.3, -0.25) is 0 Å². The van der Waals surface area contributed by atoms with E-state index in [2.05, 4.69) is 0 Å². The summed E-state index contributed by atoms with van der Waals surface area (Å²) in [5.41, 5.74) is 0. The molecule has 13 heavy (non-hydrogen) atoms. The minimum absolute atomic E-state index is 0.108. The third kappa shape index (κ3) is 11.4. The molecule has 74 valence electrons. The van der Waals surface area contributed by atoms with Gasteiger partial charge in [0.1, 0.15) is 0 Å². The lowest BCUT2D eigenvalue weighted by Gasteiger charge is -1.92. The average Bonchev–Trinajstić information content (AvgIpc) is 2.09. The maximum Gasteiger partial charge on any atom is 0.480 e. The summed E-state index contributed by atoms with van der Waals surface area (Å²) in [7, 11) is -1.32. The Labute approximate surface area is 79.6 Å². The van der Waals surface area contributed by atoms with E-state index in [0.717, 1.165) is 25.7 Å². The Morgan fingerprint density at radius 2 is 1.54 bits per heavy atom. The third-order valence-electron chi connectivity index (χ3n) is 1.57. The van der Waals surface area contributed by atoms with Crippen molar-refractivity contribution >= 4 is 7.12 Å². The molecule has 0 rings (SSSR count). The summed E-state index contributed by atoms with van der Waals surface area (Å²) in [6, 6.07) is 0. The van der Waals surface area contributed by atoms with Gasteiger partial charge in [-0.15, -0.1) is 0 Å². The van der Waals surface area contributed by atoms with Crippen LogP contribution in [0.25, 0.3) is 0 Å². The van der Waals surface area contributed by atoms with Crippen LogP contribution in [0.4, 0.5) is 0 Å². The molecule has 0 unspecified atom stereocenters. The average molecular weight is 184 g/mol. The van der Waals surface area contributed by atoms with Crippen molar-refractivity contribution in [3.8, 4) is 0 Å². The molecule has 4 heteroatoms. The van der Waals surface area contributed by atoms with Crippen molar-refractivity contribution in [2.45, 2.75) is 25.7 Å². The second-order valence-corrected chi connectivity index (χ2v) is 2.78. The maximum atomic E-state index is 8.45. The smallest absolute Gasteiger partial charge is 0.424 e. The first-order valence-electron chi connectivity index (χ1n) is 4.56. The molecule has 0 fully saturated rings. The quantitative estimate of drug-likeness (QED) is 0.309. The van der Waals surface area contributed by atoms with Gasteiger partial charge in [-0.1, -0.05) is 24.2 Å². The molecule has 0 aromatic rings. The summed E-state index contributed by atoms with van der Waals surface area (Å²) in [6.07, 6.45) is 9.36. The standard InChI is InChI=1S/C9H17BO3/c11-9-7-5-3-1-2-4-6-8-10(12)13/h5-8,11-13H,1-4,9H2/b7-5+,8-6+. The maximum absolute atomic E-state index is 8.45. The fraction of sp³-hybridized carbons (Fsp3) is 0.556. The molecule has 0 saturated heterocycles. The number of aliphatic hydroxyl groups is 1. The normalized spacial score (nSPS) is 11.6. The van der Waals surface area contributed by atoms with Crippen LogP contribution in [0.5, 0.6) is 0 Å². The van der Waals surface area contributed by atoms with Gasteiger partial charge in [0.05, 0.1) is 6.61 Å². The molecule has 0 bridgehead atoms. The van der Waals surface area contributed by atoms with E-state index in [1.54, 1.807) is 12.2 Å². The van der Waals surface area contributed by atoms with E-state index >= 15 is 0 Å². The van der Waals surface area contributed by atoms with Crippen LogP contribution < -0.4 is 0 Å². The summed E-state index contributed by atoms with van der Waals surface area (Å²) >= 11 is 0. The van der Waals surface area contributed by atoms with Crippen molar-refractivity contribution in [2.24, 2.45) is 0 Å². The molecule has 3 N–H and O–H groups in total. The largest absolute Gasteiger partial charge is 0.480 e. The molecule has 0 aromatic carbocycles. The molecular formula is C9H17BO3. The number of hydrogen-bond acceptors (Lipinski definition) is 3. The topological polar surface area (TPSA) is 60.7 Å². The minimum atomic E-state index is -1.32. The zero-order valence-corrected chi connectivity index (χ0v) is 7.76. The first kappa shape index (κ1) is 12.4. The fourth-order valence-electron chi connectivity index (χ4n) is 0.935. The summed E-state index contributed by atoms with van der Waals surface area (Å²) in [6.45, 7) is 0.108. The van der Waals surface area contributed by atoms with Crippen LogP contribution in [0.1, 0.15) is 25.7 Å². The van der Waals surface area contributed by atoms with Gasteiger partial charge in [0.25, 0.3) is 0 Å². The zero-order chi connectivity index (χ0) is 9.94. The molecule has 0 aromatic heterocycles. The molecule has 3 nitrogen and oxygen atoms in total. The molecule has 0 spiro atoms. The van der Waals surface area contributed by atoms with Crippen molar-refractivity contribution in [1.29, 1.82) is 0 Å². The van der Waals surface area contributed by atoms with Gasteiger partial charge in [0.15, 0.2) is 0 Å². The molecule has 0 aliphatic rings. The Morgan fingerprint density at radius 3 is 2.08 bits per heavy atom. The van der Waals surface area contributed by atoms with Crippen LogP contribution in [0, 0.1) is 0 Å². The minimum Gasteiger partial charge on any atom is -0.424 e. The Bertz CT molecular complexity index is 155. The van der Waals surface area contributed by atoms with Crippen LogP contribution in [0.2, 0.25) is 0 Å². The highest BCUT2D eigenvalue weighted by molar-refractivity contribution is 6.47. The lowest BCUT2D eigenvalue weighted by Crippen LogP contribution is -2.05. The molecule has 0 saturated carbocycles. The second-order valence-electron chi connectivity index (χ2n) is 2.78. The number of allylic oxidation sites excluding steroid dienone is 2. The van der Waals surface area contributed by atoms with Gasteiger partial charge in [-0.25, -0.2) is 0 Å². The number of rotatable bonds is 7. The molecular weight excluding hydrogens is 167 g/mol. The number of aliphatic hydroxyl groups excluding tert-OH is 1. The summed E-state index contributed by atoms with van der Waals surface area (Å²) in [4.78, 5) is 0. The van der Waals surface area contributed by atoms with Crippen molar-refractivity contribution in [1.82, 2.24) is 0 Å². The van der Waals surface area contributed by atoms with Crippen LogP contribution >= 0.6 is 0 Å². The lowest BCUT2D eigenvalue weighted by molar-refractivity contribution is 0.342. The van der Waals surface area contributed by atoms with Crippen LogP contribution in [0.15, 0.2) is 24.2 Å². The first-order valence-corrected chi connectivity index (χ1v) is 4.56. The van der Waals surface area contributed by atoms with Gasteiger partial charge < -0.3 is 15.2 Å². The van der Waals surface area contributed by atoms with Crippen LogP contribution in [-0.4, -0.2) is 28.9 Å². The van der Waals surface area contributed by atoms with E-state index in [1.807, 2.05) is 6.08 Å². The highest BCUT2D eigenvalue weighted by atomic mass is 16.4. The summed E-state index contributed by atoms with van der Waals surface area (Å²) < 4.78 is 0. The first-order chi connectivity index (χ1) is 6.27. The predicted octanol–water partition coefficient (Wildman–Crippen LogP) is 0.663. The molecule has 0 atom stereocenters. The SMILES string of the molecule is OC/C=C/CCCC/C=C/B(O)O. The lowest BCUT2D eigenvalue weighted by atomic mass is 9.91. The molecule has 0 amide bonds. The van der Waals surface area contributed by atoms with E-state index in [1.165, 1.54) is 5.98 Å². The van der Waals surface area contributed by atoms with E-state index in [4.69, 9.17) is 15.2 Å². The van der Waals surface area contributed by atoms with Gasteiger partial charge in [-0.2, -0.15) is 0 Å². The Balaban J connectivity index is 3.12. The van der Waals surface area contributed by atoms with Gasteiger partial charge in [-0.05, 0) is 25.7 Å². The van der Waals surface area contributed by atoms with Gasteiger partial charge >= 0.3 is 7.12 Å². The van der Waals surface area contributed by atoms with Gasteiger partial charge in [0, 0.05) is 0 Å². The zero-order valence-electron chi connectivity index (χ0n) is 7.76. The van der Waals surface area contributed by atoms with Gasteiger partial charge in [0.2, 0.25) is 0 Å². The fourth-order valence-corrected chi connectivity index (χ4v) is 0.935. The molecule has 0 radical (unpaired) electrons.